The van der Waals surface area contributed by atoms with Crippen LogP contribution in [0, 0.1) is 0 Å². The van der Waals surface area contributed by atoms with E-state index in [-0.39, 0.29) is 23.4 Å². The molecule has 0 aliphatic rings. The topological polar surface area (TPSA) is 100 Å². The third-order valence-corrected chi connectivity index (χ3v) is 4.69. The number of aromatic nitrogens is 1. The van der Waals surface area contributed by atoms with Crippen LogP contribution in [0.4, 0.5) is 16.5 Å². The number of thiazole rings is 1. The quantitative estimate of drug-likeness (QED) is 0.551. The molecule has 3 N–H and O–H groups in total. The van der Waals surface area contributed by atoms with Crippen LogP contribution in [0.3, 0.4) is 0 Å². The number of nitrogens with zero attached hydrogens (tertiary/aromatic N) is 1. The van der Waals surface area contributed by atoms with Gasteiger partial charge in [0.2, 0.25) is 11.8 Å². The van der Waals surface area contributed by atoms with Gasteiger partial charge in [-0.25, -0.2) is 4.98 Å². The van der Waals surface area contributed by atoms with E-state index in [2.05, 4.69) is 20.9 Å². The first-order valence-corrected chi connectivity index (χ1v) is 9.86. The van der Waals surface area contributed by atoms with Crippen molar-refractivity contribution in [2.45, 2.75) is 19.8 Å². The Morgan fingerprint density at radius 3 is 2.21 bits per heavy atom. The largest absolute Gasteiger partial charge is 0.326 e. The van der Waals surface area contributed by atoms with E-state index < -0.39 is 0 Å². The maximum Gasteiger partial charge on any atom is 0.275 e. The van der Waals surface area contributed by atoms with Crippen molar-refractivity contribution in [2.24, 2.45) is 0 Å². The molecule has 1 heterocycles. The molecular weight excluding hydrogens is 388 g/mol. The van der Waals surface area contributed by atoms with Gasteiger partial charge in [-0.15, -0.1) is 11.3 Å². The van der Waals surface area contributed by atoms with E-state index in [1.165, 1.54) is 18.3 Å². The Balaban J connectivity index is 1.51. The maximum atomic E-state index is 12.3. The highest BCUT2D eigenvalue weighted by Crippen LogP contribution is 2.18. The predicted molar refractivity (Wildman–Crippen MR) is 114 cm³/mol. The summed E-state index contributed by atoms with van der Waals surface area (Å²) in [5.74, 6) is -0.690. The summed E-state index contributed by atoms with van der Waals surface area (Å²) in [6.07, 6.45) is 0.978. The number of amides is 3. The Labute approximate surface area is 172 Å². The molecule has 148 valence electrons. The number of anilines is 3. The van der Waals surface area contributed by atoms with Gasteiger partial charge in [0.15, 0.2) is 5.13 Å². The molecular formula is C21H20N4O3S. The number of hydrogen-bond acceptors (Lipinski definition) is 5. The zero-order valence-corrected chi connectivity index (χ0v) is 16.6. The highest BCUT2D eigenvalue weighted by molar-refractivity contribution is 7.14. The summed E-state index contributed by atoms with van der Waals surface area (Å²) in [5.41, 5.74) is 2.53. The molecule has 0 unspecified atom stereocenters. The second-order valence-corrected chi connectivity index (χ2v) is 7.14. The summed E-state index contributed by atoms with van der Waals surface area (Å²) < 4.78 is 0. The molecule has 0 radical (unpaired) electrons. The molecule has 1 aromatic heterocycles. The fourth-order valence-corrected chi connectivity index (χ4v) is 3.26. The lowest BCUT2D eigenvalue weighted by atomic mass is 10.1. The fraction of sp³-hybridized carbons (Fsp3) is 0.143. The van der Waals surface area contributed by atoms with Crippen LogP contribution in [0.1, 0.15) is 29.4 Å². The van der Waals surface area contributed by atoms with Crippen molar-refractivity contribution in [1.82, 2.24) is 4.98 Å². The third kappa shape index (κ3) is 6.25. The molecule has 0 atom stereocenters. The van der Waals surface area contributed by atoms with Gasteiger partial charge in [0.05, 0.1) is 0 Å². The Bertz CT molecular complexity index is 1000. The SMILES string of the molecule is CC(=O)Nc1ccc(NC(=O)c2csc(NC(=O)CCc3ccccc3)n2)cc1. The van der Waals surface area contributed by atoms with Crippen LogP contribution < -0.4 is 16.0 Å². The molecule has 0 bridgehead atoms. The molecule has 0 aliphatic carbocycles. The number of carbonyl (C=O) groups is 3. The minimum atomic E-state index is -0.377. The third-order valence-electron chi connectivity index (χ3n) is 3.93. The normalized spacial score (nSPS) is 10.2. The van der Waals surface area contributed by atoms with Crippen LogP contribution in [0.15, 0.2) is 60.0 Å². The molecule has 29 heavy (non-hydrogen) atoms. The molecule has 7 nitrogen and oxygen atoms in total. The van der Waals surface area contributed by atoms with Gasteiger partial charge in [-0.3, -0.25) is 14.4 Å². The molecule has 3 aromatic rings. The van der Waals surface area contributed by atoms with Crippen molar-refractivity contribution in [2.75, 3.05) is 16.0 Å². The molecule has 0 saturated carbocycles. The minimum Gasteiger partial charge on any atom is -0.326 e. The second kappa shape index (κ2) is 9.61. The summed E-state index contributed by atoms with van der Waals surface area (Å²) in [6, 6.07) is 16.5. The highest BCUT2D eigenvalue weighted by Gasteiger charge is 2.13. The van der Waals surface area contributed by atoms with E-state index in [1.54, 1.807) is 29.6 Å². The summed E-state index contributed by atoms with van der Waals surface area (Å²) in [7, 11) is 0. The molecule has 8 heteroatoms. The van der Waals surface area contributed by atoms with Gasteiger partial charge in [0, 0.05) is 30.1 Å². The second-order valence-electron chi connectivity index (χ2n) is 6.28. The minimum absolute atomic E-state index is 0.149. The van der Waals surface area contributed by atoms with Crippen LogP contribution in [0.5, 0.6) is 0 Å². The average molecular weight is 408 g/mol. The Kier molecular flexibility index (Phi) is 6.70. The van der Waals surface area contributed by atoms with Crippen molar-refractivity contribution in [3.63, 3.8) is 0 Å². The highest BCUT2D eigenvalue weighted by atomic mass is 32.1. The van der Waals surface area contributed by atoms with Crippen molar-refractivity contribution in [1.29, 1.82) is 0 Å². The van der Waals surface area contributed by atoms with Crippen LogP contribution in [0.2, 0.25) is 0 Å². The van der Waals surface area contributed by atoms with Gasteiger partial charge in [0.25, 0.3) is 5.91 Å². The van der Waals surface area contributed by atoms with Crippen LogP contribution >= 0.6 is 11.3 Å². The monoisotopic (exact) mass is 408 g/mol. The summed E-state index contributed by atoms with van der Waals surface area (Å²) >= 11 is 1.20. The summed E-state index contributed by atoms with van der Waals surface area (Å²) in [6.45, 7) is 1.43. The standard InChI is InChI=1S/C21H20N4O3S/c1-14(26)22-16-8-10-17(11-9-16)23-20(28)18-13-29-21(24-18)25-19(27)12-7-15-5-3-2-4-6-15/h2-6,8-11,13H,7,12H2,1H3,(H,22,26)(H,23,28)(H,24,25,27). The van der Waals surface area contributed by atoms with Crippen LogP contribution in [-0.4, -0.2) is 22.7 Å². The summed E-state index contributed by atoms with van der Waals surface area (Å²) in [5, 5.41) is 10.1. The molecule has 3 rings (SSSR count). The first-order chi connectivity index (χ1) is 14.0. The zero-order chi connectivity index (χ0) is 20.6. The van der Waals surface area contributed by atoms with Gasteiger partial charge < -0.3 is 16.0 Å². The van der Waals surface area contributed by atoms with E-state index >= 15 is 0 Å². The zero-order valence-electron chi connectivity index (χ0n) is 15.8. The molecule has 0 spiro atoms. The summed E-state index contributed by atoms with van der Waals surface area (Å²) in [4.78, 5) is 39.6. The van der Waals surface area contributed by atoms with Crippen molar-refractivity contribution in [3.8, 4) is 0 Å². The van der Waals surface area contributed by atoms with Gasteiger partial charge >= 0.3 is 0 Å². The first-order valence-electron chi connectivity index (χ1n) is 8.98. The molecule has 0 fully saturated rings. The van der Waals surface area contributed by atoms with Gasteiger partial charge in [-0.2, -0.15) is 0 Å². The molecule has 0 aliphatic heterocycles. The van der Waals surface area contributed by atoms with Crippen molar-refractivity contribution < 1.29 is 14.4 Å². The number of rotatable bonds is 7. The average Bonchev–Trinajstić information content (AvgIpc) is 3.17. The van der Waals surface area contributed by atoms with E-state index in [1.807, 2.05) is 30.3 Å². The Morgan fingerprint density at radius 2 is 1.55 bits per heavy atom. The van der Waals surface area contributed by atoms with E-state index in [0.29, 0.717) is 29.3 Å². The molecule has 2 aromatic carbocycles. The van der Waals surface area contributed by atoms with Gasteiger partial charge in [-0.1, -0.05) is 30.3 Å². The lowest BCUT2D eigenvalue weighted by molar-refractivity contribution is -0.116. The number of aryl methyl sites for hydroxylation is 1. The maximum absolute atomic E-state index is 12.3. The van der Waals surface area contributed by atoms with E-state index in [9.17, 15) is 14.4 Å². The van der Waals surface area contributed by atoms with Gasteiger partial charge in [-0.05, 0) is 36.2 Å². The number of hydrogen-bond donors (Lipinski definition) is 3. The number of benzene rings is 2. The molecule has 0 saturated heterocycles. The van der Waals surface area contributed by atoms with Crippen molar-refractivity contribution >= 4 is 45.6 Å². The van der Waals surface area contributed by atoms with Crippen molar-refractivity contribution in [3.05, 3.63) is 71.2 Å². The van der Waals surface area contributed by atoms with E-state index in [4.69, 9.17) is 0 Å². The number of nitrogens with one attached hydrogen (secondary N) is 3. The lowest BCUT2D eigenvalue weighted by Gasteiger charge is -2.05. The first kappa shape index (κ1) is 20.2. The van der Waals surface area contributed by atoms with Crippen LogP contribution in [-0.2, 0) is 16.0 Å². The number of carbonyl (C=O) groups excluding carboxylic acids is 3. The Morgan fingerprint density at radius 1 is 0.897 bits per heavy atom. The fourth-order valence-electron chi connectivity index (χ4n) is 2.56. The smallest absolute Gasteiger partial charge is 0.275 e. The van der Waals surface area contributed by atoms with Crippen LogP contribution in [0.25, 0.3) is 0 Å². The predicted octanol–water partition coefficient (Wildman–Crippen LogP) is 3.93. The molecule has 3 amide bonds. The van der Waals surface area contributed by atoms with Gasteiger partial charge in [0.1, 0.15) is 5.69 Å². The van der Waals surface area contributed by atoms with E-state index in [0.717, 1.165) is 5.56 Å². The Hall–Kier alpha value is -3.52. The lowest BCUT2D eigenvalue weighted by Crippen LogP contribution is -2.14.